The molecule has 0 aromatic heterocycles. The predicted octanol–water partition coefficient (Wildman–Crippen LogP) is 5.02. The number of alkyl halides is 1. The van der Waals surface area contributed by atoms with E-state index in [1.807, 2.05) is 19.9 Å². The smallest absolute Gasteiger partial charge is 0.234 e. The molecular formula is C18H24ClNO. The van der Waals surface area contributed by atoms with Gasteiger partial charge in [-0.3, -0.25) is 4.79 Å². The van der Waals surface area contributed by atoms with Gasteiger partial charge in [-0.05, 0) is 55.2 Å². The van der Waals surface area contributed by atoms with E-state index in [9.17, 15) is 4.79 Å². The van der Waals surface area contributed by atoms with Crippen LogP contribution in [0.4, 0.5) is 5.69 Å². The molecule has 0 radical (unpaired) electrons. The van der Waals surface area contributed by atoms with Crippen molar-refractivity contribution in [2.75, 3.05) is 5.32 Å². The van der Waals surface area contributed by atoms with E-state index >= 15 is 0 Å². The van der Waals surface area contributed by atoms with Crippen LogP contribution >= 0.6 is 11.6 Å². The predicted molar refractivity (Wildman–Crippen MR) is 87.8 cm³/mol. The lowest BCUT2D eigenvalue weighted by molar-refractivity contribution is -0.119. The lowest BCUT2D eigenvalue weighted by atomic mass is 9.77. The third-order valence-corrected chi connectivity index (χ3v) is 6.10. The Bertz CT molecular complexity index is 591. The van der Waals surface area contributed by atoms with Gasteiger partial charge in [0.1, 0.15) is 0 Å². The zero-order valence-electron chi connectivity index (χ0n) is 13.3. The highest BCUT2D eigenvalue weighted by Crippen LogP contribution is 2.52. The highest BCUT2D eigenvalue weighted by Gasteiger charge is 2.42. The molecular weight excluding hydrogens is 282 g/mol. The Morgan fingerprint density at radius 2 is 2.00 bits per heavy atom. The summed E-state index contributed by atoms with van der Waals surface area (Å²) in [6.45, 7) is 8.59. The topological polar surface area (TPSA) is 29.1 Å². The summed E-state index contributed by atoms with van der Waals surface area (Å²) in [5.74, 6) is 0.576. The van der Waals surface area contributed by atoms with Gasteiger partial charge in [0.2, 0.25) is 5.91 Å². The number of amides is 1. The van der Waals surface area contributed by atoms with Crippen LogP contribution in [0.15, 0.2) is 18.2 Å². The maximum atomic E-state index is 12.0. The number of anilines is 1. The van der Waals surface area contributed by atoms with Crippen LogP contribution in [0.1, 0.15) is 63.5 Å². The summed E-state index contributed by atoms with van der Waals surface area (Å²) in [5.41, 5.74) is 3.00. The maximum Gasteiger partial charge on any atom is 0.234 e. The molecule has 3 rings (SSSR count). The Balaban J connectivity index is 1.95. The van der Waals surface area contributed by atoms with Crippen LogP contribution in [0.25, 0.3) is 0 Å². The van der Waals surface area contributed by atoms with Crippen LogP contribution in [0, 0.1) is 11.3 Å². The summed E-state index contributed by atoms with van der Waals surface area (Å²) in [7, 11) is 0. The summed E-state index contributed by atoms with van der Waals surface area (Å²) in [4.78, 5) is 12.0. The first-order chi connectivity index (χ1) is 9.73. The molecule has 0 spiro atoms. The number of carbonyl (C=O) groups is 1. The van der Waals surface area contributed by atoms with E-state index in [2.05, 4.69) is 31.3 Å². The molecule has 2 aliphatic rings. The zero-order chi connectivity index (χ0) is 15.4. The van der Waals surface area contributed by atoms with E-state index in [1.165, 1.54) is 19.3 Å². The largest absolute Gasteiger partial charge is 0.325 e. The van der Waals surface area contributed by atoms with Crippen LogP contribution in [-0.4, -0.2) is 5.91 Å². The third kappa shape index (κ3) is 2.28. The molecule has 1 fully saturated rings. The minimum absolute atomic E-state index is 0.0271. The van der Waals surface area contributed by atoms with Crippen molar-refractivity contribution >= 4 is 23.2 Å². The number of rotatable bonds is 2. The number of benzene rings is 1. The summed E-state index contributed by atoms with van der Waals surface area (Å²) in [6.07, 6.45) is 3.70. The van der Waals surface area contributed by atoms with Crippen molar-refractivity contribution in [1.29, 1.82) is 0 Å². The van der Waals surface area contributed by atoms with Gasteiger partial charge in [0.15, 0.2) is 0 Å². The van der Waals surface area contributed by atoms with Gasteiger partial charge in [0.25, 0.3) is 0 Å². The van der Waals surface area contributed by atoms with Gasteiger partial charge >= 0.3 is 0 Å². The average Bonchev–Trinajstić information content (AvgIpc) is 2.87. The molecule has 2 nitrogen and oxygen atoms in total. The van der Waals surface area contributed by atoms with Gasteiger partial charge in [-0.25, -0.2) is 0 Å². The fourth-order valence-corrected chi connectivity index (χ4v) is 4.49. The molecule has 0 saturated heterocycles. The number of hydrogen-bond acceptors (Lipinski definition) is 1. The van der Waals surface area contributed by atoms with Gasteiger partial charge in [-0.2, -0.15) is 0 Å². The van der Waals surface area contributed by atoms with Crippen molar-refractivity contribution in [3.8, 4) is 0 Å². The van der Waals surface area contributed by atoms with Gasteiger partial charge in [0.05, 0.1) is 10.8 Å². The second-order valence-electron chi connectivity index (χ2n) is 7.77. The number of nitrogens with one attached hydrogen (secondary N) is 1. The van der Waals surface area contributed by atoms with Crippen molar-refractivity contribution in [3.05, 3.63) is 29.3 Å². The lowest BCUT2D eigenvalue weighted by Gasteiger charge is -2.31. The fraction of sp³-hybridized carbons (Fsp3) is 0.611. The first-order valence-electron chi connectivity index (χ1n) is 7.83. The van der Waals surface area contributed by atoms with E-state index in [-0.39, 0.29) is 11.3 Å². The lowest BCUT2D eigenvalue weighted by Crippen LogP contribution is -2.27. The molecule has 114 valence electrons. The molecule has 2 atom stereocenters. The van der Waals surface area contributed by atoms with Gasteiger partial charge < -0.3 is 5.32 Å². The van der Waals surface area contributed by atoms with Crippen molar-refractivity contribution < 1.29 is 4.79 Å². The SMILES string of the molecule is CC1(C)C(=O)Nc2ccc(C(Cl)C3CCCC3(C)C)cc21. The standard InChI is InChI=1S/C18H24ClNO/c1-17(2)9-5-6-12(17)15(19)11-7-8-14-13(10-11)18(3,4)16(21)20-14/h7-8,10,12,15H,5-6,9H2,1-4H3,(H,20,21). The zero-order valence-corrected chi connectivity index (χ0v) is 14.1. The first-order valence-corrected chi connectivity index (χ1v) is 8.27. The number of halogens is 1. The monoisotopic (exact) mass is 305 g/mol. The van der Waals surface area contributed by atoms with Gasteiger partial charge in [-0.15, -0.1) is 11.6 Å². The molecule has 2 unspecified atom stereocenters. The molecule has 1 aliphatic carbocycles. The third-order valence-electron chi connectivity index (χ3n) is 5.54. The van der Waals surface area contributed by atoms with Crippen LogP contribution in [0.5, 0.6) is 0 Å². The second-order valence-corrected chi connectivity index (χ2v) is 8.24. The van der Waals surface area contributed by atoms with Crippen LogP contribution < -0.4 is 5.32 Å². The second kappa shape index (κ2) is 4.74. The van der Waals surface area contributed by atoms with E-state index in [0.717, 1.165) is 16.8 Å². The van der Waals surface area contributed by atoms with Crippen LogP contribution in [0.3, 0.4) is 0 Å². The Labute approximate surface area is 132 Å². The Hall–Kier alpha value is -1.02. The average molecular weight is 306 g/mol. The molecule has 1 aliphatic heterocycles. The molecule has 1 aromatic rings. The summed E-state index contributed by atoms with van der Waals surface area (Å²) < 4.78 is 0. The Kier molecular flexibility index (Phi) is 3.36. The number of carbonyl (C=O) groups excluding carboxylic acids is 1. The molecule has 1 aromatic carbocycles. The molecule has 21 heavy (non-hydrogen) atoms. The summed E-state index contributed by atoms with van der Waals surface area (Å²) >= 11 is 6.82. The minimum Gasteiger partial charge on any atom is -0.325 e. The number of hydrogen-bond donors (Lipinski definition) is 1. The molecule has 1 N–H and O–H groups in total. The first kappa shape index (κ1) is 14.9. The van der Waals surface area contributed by atoms with Gasteiger partial charge in [-0.1, -0.05) is 32.4 Å². The number of fused-ring (bicyclic) bond motifs is 1. The maximum absolute atomic E-state index is 12.0. The van der Waals surface area contributed by atoms with E-state index in [4.69, 9.17) is 11.6 Å². The molecule has 0 bridgehead atoms. The van der Waals surface area contributed by atoms with Crippen LogP contribution in [0.2, 0.25) is 0 Å². The Morgan fingerprint density at radius 3 is 2.62 bits per heavy atom. The highest BCUT2D eigenvalue weighted by molar-refractivity contribution is 6.21. The van der Waals surface area contributed by atoms with Crippen molar-refractivity contribution in [3.63, 3.8) is 0 Å². The normalized spacial score (nSPS) is 27.3. The van der Waals surface area contributed by atoms with Crippen molar-refractivity contribution in [2.45, 2.75) is 57.7 Å². The van der Waals surface area contributed by atoms with E-state index in [0.29, 0.717) is 11.3 Å². The van der Waals surface area contributed by atoms with E-state index < -0.39 is 5.41 Å². The van der Waals surface area contributed by atoms with E-state index in [1.54, 1.807) is 0 Å². The van der Waals surface area contributed by atoms with Gasteiger partial charge in [0, 0.05) is 5.69 Å². The molecule has 1 saturated carbocycles. The highest BCUT2D eigenvalue weighted by atomic mass is 35.5. The van der Waals surface area contributed by atoms with Crippen molar-refractivity contribution in [2.24, 2.45) is 11.3 Å². The molecule has 1 heterocycles. The fourth-order valence-electron chi connectivity index (χ4n) is 3.89. The molecule has 1 amide bonds. The summed E-state index contributed by atoms with van der Waals surface area (Å²) in [5, 5.41) is 2.98. The Morgan fingerprint density at radius 1 is 1.29 bits per heavy atom. The summed E-state index contributed by atoms with van der Waals surface area (Å²) in [6, 6.07) is 6.22. The minimum atomic E-state index is -0.465. The quantitative estimate of drug-likeness (QED) is 0.763. The van der Waals surface area contributed by atoms with Crippen molar-refractivity contribution in [1.82, 2.24) is 0 Å². The van der Waals surface area contributed by atoms with Crippen LogP contribution in [-0.2, 0) is 10.2 Å². The molecule has 3 heteroatoms.